The van der Waals surface area contributed by atoms with Crippen LogP contribution in [0.25, 0.3) is 78.1 Å². The zero-order valence-corrected chi connectivity index (χ0v) is 39.0. The molecule has 0 aliphatic carbocycles. The second-order valence-corrected chi connectivity index (χ2v) is 18.1. The van der Waals surface area contributed by atoms with E-state index in [0.717, 1.165) is 72.3 Å². The molecule has 316 valence electrons. The third kappa shape index (κ3) is 8.34. The van der Waals surface area contributed by atoms with Crippen molar-refractivity contribution in [1.82, 2.24) is 24.3 Å². The van der Waals surface area contributed by atoms with Gasteiger partial charge in [-0.1, -0.05) is 156 Å². The first-order valence-corrected chi connectivity index (χ1v) is 21.4. The molecule has 7 heteroatoms. The monoisotopic (exact) mass is 1010 g/mol. The maximum atomic E-state index is 6.54. The summed E-state index contributed by atoms with van der Waals surface area (Å²) in [6.07, 6.45) is 3.80. The molecule has 0 aliphatic rings. The first-order chi connectivity index (χ1) is 30.5. The van der Waals surface area contributed by atoms with Crippen molar-refractivity contribution in [3.05, 3.63) is 200 Å². The van der Waals surface area contributed by atoms with Gasteiger partial charge < -0.3 is 9.30 Å². The van der Waals surface area contributed by atoms with E-state index in [-0.39, 0.29) is 31.9 Å². The predicted octanol–water partition coefficient (Wildman–Crippen LogP) is 14.4. The Morgan fingerprint density at radius 1 is 0.531 bits per heavy atom. The molecule has 0 N–H and O–H groups in total. The molecule has 64 heavy (non-hydrogen) atoms. The van der Waals surface area contributed by atoms with E-state index in [2.05, 4.69) is 186 Å². The number of nitrogens with zero attached hydrogens (tertiary/aromatic N) is 5. The number of pyridine rings is 1. The normalized spacial score (nSPS) is 11.8. The number of benzene rings is 7. The van der Waals surface area contributed by atoms with Gasteiger partial charge >= 0.3 is 21.1 Å². The largest absolute Gasteiger partial charge is 2.00 e. The van der Waals surface area contributed by atoms with Gasteiger partial charge in [-0.05, 0) is 91.1 Å². The molecule has 3 heterocycles. The number of ether oxygens (including phenoxy) is 1. The van der Waals surface area contributed by atoms with Crippen molar-refractivity contribution in [2.24, 2.45) is 0 Å². The third-order valence-electron chi connectivity index (χ3n) is 11.7. The molecule has 10 rings (SSSR count). The summed E-state index contributed by atoms with van der Waals surface area (Å²) in [6, 6.07) is 63.9. The number of fused-ring (bicyclic) bond motifs is 3. The molecule has 0 radical (unpaired) electrons. The van der Waals surface area contributed by atoms with Crippen molar-refractivity contribution in [3.63, 3.8) is 0 Å². The molecule has 0 unspecified atom stereocenters. The van der Waals surface area contributed by atoms with E-state index in [4.69, 9.17) is 19.8 Å². The summed E-state index contributed by atoms with van der Waals surface area (Å²) in [5.74, 6) is 2.46. The number of para-hydroxylation sites is 1. The van der Waals surface area contributed by atoms with E-state index in [1.165, 1.54) is 11.1 Å². The summed E-state index contributed by atoms with van der Waals surface area (Å²) in [5, 5.41) is 7.13. The molecular weight excluding hydrogens is 966 g/mol. The van der Waals surface area contributed by atoms with Crippen molar-refractivity contribution in [2.75, 3.05) is 0 Å². The number of rotatable bonds is 8. The van der Waals surface area contributed by atoms with E-state index >= 15 is 0 Å². The van der Waals surface area contributed by atoms with Crippen LogP contribution in [0.4, 0.5) is 0 Å². The molecule has 0 bridgehead atoms. The first kappa shape index (κ1) is 42.4. The Bertz CT molecular complexity index is 3210. The van der Waals surface area contributed by atoms with Crippen LogP contribution in [-0.4, -0.2) is 24.3 Å². The smallest absolute Gasteiger partial charge is 0.503 e. The van der Waals surface area contributed by atoms with Crippen molar-refractivity contribution >= 4 is 21.8 Å². The van der Waals surface area contributed by atoms with Gasteiger partial charge in [0.15, 0.2) is 0 Å². The average molecular weight is 1010 g/mol. The molecule has 10 aromatic rings. The molecule has 0 aliphatic heterocycles. The van der Waals surface area contributed by atoms with Crippen LogP contribution >= 0.6 is 0 Å². The fourth-order valence-electron chi connectivity index (χ4n) is 8.33. The summed E-state index contributed by atoms with van der Waals surface area (Å²) in [5.41, 5.74) is 12.8. The van der Waals surface area contributed by atoms with E-state index in [9.17, 15) is 0 Å². The van der Waals surface area contributed by atoms with Crippen LogP contribution in [0.2, 0.25) is 0 Å². The topological polar surface area (TPSA) is 57.8 Å². The van der Waals surface area contributed by atoms with E-state index in [1.54, 1.807) is 6.33 Å². The molecule has 0 saturated carbocycles. The third-order valence-corrected chi connectivity index (χ3v) is 11.7. The van der Waals surface area contributed by atoms with Gasteiger partial charge in [-0.2, -0.15) is 11.2 Å². The van der Waals surface area contributed by atoms with Gasteiger partial charge in [-0.3, -0.25) is 4.98 Å². The van der Waals surface area contributed by atoms with Crippen LogP contribution in [0.3, 0.4) is 0 Å². The molecule has 3 aromatic heterocycles. The van der Waals surface area contributed by atoms with Crippen molar-refractivity contribution in [2.45, 2.75) is 52.4 Å². The van der Waals surface area contributed by atoms with Gasteiger partial charge in [0.1, 0.15) is 12.1 Å². The van der Waals surface area contributed by atoms with Crippen LogP contribution in [-0.2, 0) is 31.9 Å². The maximum absolute atomic E-state index is 6.54. The Kier molecular flexibility index (Phi) is 11.3. The second kappa shape index (κ2) is 17.0. The molecule has 7 aromatic carbocycles. The zero-order valence-electron chi connectivity index (χ0n) is 36.7. The average Bonchev–Trinajstić information content (AvgIpc) is 3.93. The van der Waals surface area contributed by atoms with Gasteiger partial charge in [-0.25, -0.2) is 9.67 Å². The number of hydrogen-bond donors (Lipinski definition) is 0. The minimum absolute atomic E-state index is 0. The van der Waals surface area contributed by atoms with Crippen molar-refractivity contribution in [3.8, 4) is 67.8 Å². The fourth-order valence-corrected chi connectivity index (χ4v) is 8.33. The zero-order chi connectivity index (χ0) is 43.3. The molecule has 0 fully saturated rings. The summed E-state index contributed by atoms with van der Waals surface area (Å²) in [4.78, 5) is 9.87. The van der Waals surface area contributed by atoms with Crippen LogP contribution in [0.1, 0.15) is 52.7 Å². The van der Waals surface area contributed by atoms with E-state index in [0.29, 0.717) is 17.3 Å². The van der Waals surface area contributed by atoms with Crippen LogP contribution in [0.5, 0.6) is 11.5 Å². The molecule has 6 nitrogen and oxygen atoms in total. The van der Waals surface area contributed by atoms with Gasteiger partial charge in [0.05, 0.1) is 11.5 Å². The van der Waals surface area contributed by atoms with Crippen LogP contribution in [0, 0.1) is 12.1 Å². The summed E-state index contributed by atoms with van der Waals surface area (Å²) in [6.45, 7) is 13.5. The first-order valence-electron chi connectivity index (χ1n) is 21.4. The Morgan fingerprint density at radius 3 is 1.86 bits per heavy atom. The maximum Gasteiger partial charge on any atom is 2.00 e. The van der Waals surface area contributed by atoms with E-state index in [1.807, 2.05) is 47.3 Å². The Morgan fingerprint density at radius 2 is 1.19 bits per heavy atom. The fraction of sp³-hybridized carbons (Fsp3) is 0.140. The van der Waals surface area contributed by atoms with Crippen LogP contribution < -0.4 is 4.74 Å². The van der Waals surface area contributed by atoms with Crippen molar-refractivity contribution < 1.29 is 25.8 Å². The number of aromatic nitrogens is 5. The van der Waals surface area contributed by atoms with Gasteiger partial charge in [0, 0.05) is 23.2 Å². The summed E-state index contributed by atoms with van der Waals surface area (Å²) in [7, 11) is 0. The number of hydrogen-bond acceptors (Lipinski definition) is 4. The molecule has 0 spiro atoms. The van der Waals surface area contributed by atoms with Gasteiger partial charge in [-0.15, -0.1) is 41.3 Å². The SMILES string of the molecule is CC(C)(C)c1ccc(-c2cc(-n3c4[c-]c(Oc5[c-]c(-c6ncn(-c7cc(-c8ccccc8)cc(-c8ccccc8)c7)n6)ccc5)ccc4c4ccccc43)ncc2C(C)(C)C)cc1.[Pt+2]. The van der Waals surface area contributed by atoms with Gasteiger partial charge in [0.25, 0.3) is 0 Å². The molecular formula is C57H47N5OPt. The minimum atomic E-state index is -0.116. The quantitative estimate of drug-likeness (QED) is 0.142. The molecule has 0 amide bonds. The van der Waals surface area contributed by atoms with Crippen molar-refractivity contribution in [1.29, 1.82) is 0 Å². The molecule has 0 saturated heterocycles. The Hall–Kier alpha value is -6.88. The van der Waals surface area contributed by atoms with E-state index < -0.39 is 0 Å². The Balaban J connectivity index is 0.00000518. The summed E-state index contributed by atoms with van der Waals surface area (Å²) >= 11 is 0. The standard InChI is InChI=1S/C57H47N5O.Pt/c1-56(2,3)44-26-24-40(25-27-44)50-35-54(58-36-51(50)57(4,5)6)62-52-23-14-13-22-48(52)49-29-28-47(34-53(49)62)63-46-21-15-20-41(33-46)55-59-37-61(60-55)45-31-42(38-16-9-7-10-17-38)30-43(32-45)39-18-11-8-12-19-39;/h7-32,35-37H,1-6H3;/q-2;+2. The second-order valence-electron chi connectivity index (χ2n) is 18.1. The summed E-state index contributed by atoms with van der Waals surface area (Å²) < 4.78 is 10.6. The predicted molar refractivity (Wildman–Crippen MR) is 257 cm³/mol. The Labute approximate surface area is 389 Å². The van der Waals surface area contributed by atoms with Crippen LogP contribution in [0.15, 0.2) is 176 Å². The van der Waals surface area contributed by atoms with Gasteiger partial charge in [0.2, 0.25) is 0 Å². The molecule has 0 atom stereocenters. The minimum Gasteiger partial charge on any atom is -0.503 e.